The first kappa shape index (κ1) is 15.6. The van der Waals surface area contributed by atoms with E-state index in [-0.39, 0.29) is 19.7 Å². The highest BCUT2D eigenvalue weighted by Gasteiger charge is 2.12. The molecule has 0 heterocycles. The summed E-state index contributed by atoms with van der Waals surface area (Å²) in [7, 11) is 3.00. The minimum Gasteiger partial charge on any atom is -0.465 e. The molecular formula is C13H19N3O4. The van der Waals surface area contributed by atoms with E-state index in [2.05, 4.69) is 0 Å². The Labute approximate surface area is 117 Å². The van der Waals surface area contributed by atoms with Crippen LogP contribution in [0.1, 0.15) is 5.56 Å². The second-order valence-electron chi connectivity index (χ2n) is 4.42. The fraction of sp³-hybridized carbons (Fsp3) is 0.385. The van der Waals surface area contributed by atoms with E-state index < -0.39 is 12.2 Å². The van der Waals surface area contributed by atoms with E-state index in [1.54, 1.807) is 31.3 Å². The summed E-state index contributed by atoms with van der Waals surface area (Å²) < 4.78 is 5.10. The molecule has 7 heteroatoms. The van der Waals surface area contributed by atoms with E-state index in [0.29, 0.717) is 5.69 Å². The number of carbonyl (C=O) groups is 2. The Bertz CT molecular complexity index is 461. The summed E-state index contributed by atoms with van der Waals surface area (Å²) in [5, 5.41) is 8.69. The van der Waals surface area contributed by atoms with Crippen LogP contribution in [0.4, 0.5) is 15.3 Å². The van der Waals surface area contributed by atoms with E-state index in [4.69, 9.17) is 15.6 Å². The van der Waals surface area contributed by atoms with Crippen LogP contribution in [-0.2, 0) is 11.3 Å². The molecule has 0 bridgehead atoms. The largest absolute Gasteiger partial charge is 0.465 e. The van der Waals surface area contributed by atoms with E-state index in [0.717, 1.165) is 10.5 Å². The fourth-order valence-electron chi connectivity index (χ4n) is 1.36. The molecule has 7 nitrogen and oxygen atoms in total. The number of carbonyl (C=O) groups excluding carboxylic acids is 1. The summed E-state index contributed by atoms with van der Waals surface area (Å²) in [4.78, 5) is 24.7. The summed E-state index contributed by atoms with van der Waals surface area (Å²) in [5.74, 6) is 0. The van der Waals surface area contributed by atoms with Gasteiger partial charge in [-0.25, -0.2) is 9.59 Å². The van der Waals surface area contributed by atoms with Crippen molar-refractivity contribution in [1.82, 2.24) is 9.80 Å². The second kappa shape index (κ2) is 7.22. The summed E-state index contributed by atoms with van der Waals surface area (Å²) in [6.45, 7) is 0.643. The van der Waals surface area contributed by atoms with Crippen molar-refractivity contribution >= 4 is 17.9 Å². The number of carboxylic acid groups (broad SMARTS) is 1. The zero-order valence-electron chi connectivity index (χ0n) is 11.6. The lowest BCUT2D eigenvalue weighted by atomic mass is 10.2. The van der Waals surface area contributed by atoms with Gasteiger partial charge in [-0.2, -0.15) is 0 Å². The summed E-state index contributed by atoms with van der Waals surface area (Å²) >= 11 is 0. The Balaban J connectivity index is 2.34. The Kier molecular flexibility index (Phi) is 5.64. The van der Waals surface area contributed by atoms with Gasteiger partial charge in [-0.05, 0) is 17.7 Å². The van der Waals surface area contributed by atoms with Gasteiger partial charge in [0.2, 0.25) is 0 Å². The van der Waals surface area contributed by atoms with Crippen molar-refractivity contribution in [2.24, 2.45) is 0 Å². The standard InChI is InChI=1S/C13H19N3O4/c1-15(12(17)18)7-8-16(2)13(19)20-9-10-3-5-11(14)6-4-10/h3-6H,7-9,14H2,1-2H3,(H,17,18). The fourth-order valence-corrected chi connectivity index (χ4v) is 1.36. The van der Waals surface area contributed by atoms with Crippen molar-refractivity contribution in [2.75, 3.05) is 32.9 Å². The van der Waals surface area contributed by atoms with Gasteiger partial charge in [0.1, 0.15) is 6.61 Å². The quantitative estimate of drug-likeness (QED) is 0.796. The molecule has 0 unspecified atom stereocenters. The lowest BCUT2D eigenvalue weighted by molar-refractivity contribution is 0.0998. The van der Waals surface area contributed by atoms with Crippen molar-refractivity contribution in [3.8, 4) is 0 Å². The molecule has 1 aromatic carbocycles. The molecule has 0 fully saturated rings. The molecule has 1 aromatic rings. The molecule has 0 saturated heterocycles. The lowest BCUT2D eigenvalue weighted by Gasteiger charge is -2.20. The van der Waals surface area contributed by atoms with E-state index in [1.165, 1.54) is 11.9 Å². The van der Waals surface area contributed by atoms with Crippen LogP contribution in [0.2, 0.25) is 0 Å². The molecule has 0 spiro atoms. The average molecular weight is 281 g/mol. The number of amides is 2. The normalized spacial score (nSPS) is 9.90. The van der Waals surface area contributed by atoms with Gasteiger partial charge in [-0.15, -0.1) is 0 Å². The van der Waals surface area contributed by atoms with Gasteiger partial charge in [0.15, 0.2) is 0 Å². The summed E-state index contributed by atoms with van der Waals surface area (Å²) in [6.07, 6.45) is -1.53. The molecule has 1 rings (SSSR count). The van der Waals surface area contributed by atoms with Crippen LogP contribution >= 0.6 is 0 Å². The molecule has 110 valence electrons. The Hall–Kier alpha value is -2.44. The molecule has 0 radical (unpaired) electrons. The maximum absolute atomic E-state index is 11.7. The minimum atomic E-state index is -1.03. The first-order chi connectivity index (χ1) is 9.40. The molecule has 0 saturated carbocycles. The second-order valence-corrected chi connectivity index (χ2v) is 4.42. The minimum absolute atomic E-state index is 0.151. The topological polar surface area (TPSA) is 96.1 Å². The van der Waals surface area contributed by atoms with Crippen molar-refractivity contribution in [3.63, 3.8) is 0 Å². The molecule has 0 atom stereocenters. The third kappa shape index (κ3) is 5.05. The van der Waals surface area contributed by atoms with Crippen LogP contribution in [0.25, 0.3) is 0 Å². The molecule has 20 heavy (non-hydrogen) atoms. The highest BCUT2D eigenvalue weighted by Crippen LogP contribution is 2.07. The number of ether oxygens (including phenoxy) is 1. The third-order valence-electron chi connectivity index (χ3n) is 2.75. The van der Waals surface area contributed by atoms with E-state index >= 15 is 0 Å². The van der Waals surface area contributed by atoms with Crippen molar-refractivity contribution in [3.05, 3.63) is 29.8 Å². The van der Waals surface area contributed by atoms with Gasteiger partial charge >= 0.3 is 12.2 Å². The maximum Gasteiger partial charge on any atom is 0.409 e. The molecule has 0 aromatic heterocycles. The number of rotatable bonds is 5. The van der Waals surface area contributed by atoms with Crippen LogP contribution in [0.15, 0.2) is 24.3 Å². The average Bonchev–Trinajstić information content (AvgIpc) is 2.43. The van der Waals surface area contributed by atoms with Crippen LogP contribution in [0.5, 0.6) is 0 Å². The molecule has 0 aliphatic rings. The van der Waals surface area contributed by atoms with E-state index in [9.17, 15) is 9.59 Å². The van der Waals surface area contributed by atoms with Crippen LogP contribution in [-0.4, -0.2) is 54.3 Å². The van der Waals surface area contributed by atoms with Crippen molar-refractivity contribution in [2.45, 2.75) is 6.61 Å². The first-order valence-electron chi connectivity index (χ1n) is 6.06. The van der Waals surface area contributed by atoms with Crippen molar-refractivity contribution in [1.29, 1.82) is 0 Å². The zero-order chi connectivity index (χ0) is 15.1. The van der Waals surface area contributed by atoms with Gasteiger partial charge < -0.3 is 25.4 Å². The van der Waals surface area contributed by atoms with Crippen LogP contribution in [0.3, 0.4) is 0 Å². The SMILES string of the molecule is CN(CCN(C)C(=O)OCc1ccc(N)cc1)C(=O)O. The van der Waals surface area contributed by atoms with Crippen LogP contribution in [0, 0.1) is 0 Å². The monoisotopic (exact) mass is 281 g/mol. The Morgan fingerprint density at radius 1 is 1.15 bits per heavy atom. The number of hydrogen-bond acceptors (Lipinski definition) is 4. The molecule has 3 N–H and O–H groups in total. The summed E-state index contributed by atoms with van der Waals surface area (Å²) in [5.41, 5.74) is 7.04. The number of benzene rings is 1. The maximum atomic E-state index is 11.7. The molecular weight excluding hydrogens is 262 g/mol. The van der Waals surface area contributed by atoms with Crippen molar-refractivity contribution < 1.29 is 19.4 Å². The third-order valence-corrected chi connectivity index (χ3v) is 2.75. The van der Waals surface area contributed by atoms with E-state index in [1.807, 2.05) is 0 Å². The Morgan fingerprint density at radius 2 is 1.70 bits per heavy atom. The number of hydrogen-bond donors (Lipinski definition) is 2. The predicted molar refractivity (Wildman–Crippen MR) is 74.3 cm³/mol. The smallest absolute Gasteiger partial charge is 0.409 e. The highest BCUT2D eigenvalue weighted by molar-refractivity contribution is 5.67. The number of nitrogen functional groups attached to an aromatic ring is 1. The van der Waals surface area contributed by atoms with Gasteiger partial charge in [0.25, 0.3) is 0 Å². The molecule has 0 aliphatic carbocycles. The van der Waals surface area contributed by atoms with Gasteiger partial charge in [-0.3, -0.25) is 0 Å². The predicted octanol–water partition coefficient (Wildman–Crippen LogP) is 1.45. The Morgan fingerprint density at radius 3 is 2.25 bits per heavy atom. The van der Waals surface area contributed by atoms with Crippen LogP contribution < -0.4 is 5.73 Å². The lowest BCUT2D eigenvalue weighted by Crippen LogP contribution is -2.36. The zero-order valence-corrected chi connectivity index (χ0v) is 11.6. The number of nitrogens with zero attached hydrogens (tertiary/aromatic N) is 2. The first-order valence-corrected chi connectivity index (χ1v) is 6.06. The van der Waals surface area contributed by atoms with Gasteiger partial charge in [-0.1, -0.05) is 12.1 Å². The van der Waals surface area contributed by atoms with Gasteiger partial charge in [0.05, 0.1) is 0 Å². The highest BCUT2D eigenvalue weighted by atomic mass is 16.6. The summed E-state index contributed by atoms with van der Waals surface area (Å²) in [6, 6.07) is 7.02. The number of likely N-dealkylation sites (N-methyl/N-ethyl adjacent to an activating group) is 2. The molecule has 2 amide bonds. The number of nitrogens with two attached hydrogens (primary N) is 1. The number of anilines is 1. The molecule has 0 aliphatic heterocycles. The van der Waals surface area contributed by atoms with Gasteiger partial charge in [0, 0.05) is 32.9 Å².